The summed E-state index contributed by atoms with van der Waals surface area (Å²) < 4.78 is 0. The Labute approximate surface area is 170 Å². The first-order chi connectivity index (χ1) is 13.2. The van der Waals surface area contributed by atoms with Crippen molar-refractivity contribution in [2.75, 3.05) is 16.9 Å². The first kappa shape index (κ1) is 20.0. The minimum atomic E-state index is -0.955. The molecule has 1 aliphatic rings. The summed E-state index contributed by atoms with van der Waals surface area (Å²) in [7, 11) is 0. The van der Waals surface area contributed by atoms with E-state index in [2.05, 4.69) is 55.3 Å². The van der Waals surface area contributed by atoms with Crippen LogP contribution in [0.4, 0.5) is 11.4 Å². The fraction of sp³-hybridized carbons (Fsp3) is 0.273. The van der Waals surface area contributed by atoms with Crippen molar-refractivity contribution in [1.29, 1.82) is 0 Å². The maximum atomic E-state index is 10.9. The number of halogens is 1. The SMILES string of the molecule is CCN1c2cc(Cl)c(/C=N/Nc3ccc(C(=O)O)cc3)cc2C(C)=CC1(C)C. The van der Waals surface area contributed by atoms with E-state index in [1.165, 1.54) is 17.7 Å². The lowest BCUT2D eigenvalue weighted by Crippen LogP contribution is -2.44. The lowest BCUT2D eigenvalue weighted by Gasteiger charge is -2.43. The van der Waals surface area contributed by atoms with Gasteiger partial charge in [-0.2, -0.15) is 5.10 Å². The molecule has 0 saturated heterocycles. The number of allylic oxidation sites excluding steroid dienone is 1. The molecule has 146 valence electrons. The second kappa shape index (κ2) is 7.68. The smallest absolute Gasteiger partial charge is 0.335 e. The highest BCUT2D eigenvalue weighted by molar-refractivity contribution is 6.33. The van der Waals surface area contributed by atoms with Gasteiger partial charge in [-0.05, 0) is 69.7 Å². The molecule has 1 heterocycles. The van der Waals surface area contributed by atoms with Gasteiger partial charge in [0.25, 0.3) is 0 Å². The highest BCUT2D eigenvalue weighted by Crippen LogP contribution is 2.40. The van der Waals surface area contributed by atoms with Gasteiger partial charge in [-0.3, -0.25) is 5.43 Å². The number of anilines is 2. The van der Waals surface area contributed by atoms with Gasteiger partial charge in [0.05, 0.1) is 28.0 Å². The van der Waals surface area contributed by atoms with Crippen LogP contribution in [0.2, 0.25) is 5.02 Å². The second-order valence-electron chi connectivity index (χ2n) is 7.37. The molecular weight excluding hydrogens is 374 g/mol. The number of hydrogen-bond acceptors (Lipinski definition) is 4. The van der Waals surface area contributed by atoms with Crippen molar-refractivity contribution in [2.45, 2.75) is 33.2 Å². The molecule has 0 bridgehead atoms. The van der Waals surface area contributed by atoms with Gasteiger partial charge in [-0.25, -0.2) is 4.79 Å². The van der Waals surface area contributed by atoms with Crippen molar-refractivity contribution < 1.29 is 9.90 Å². The minimum absolute atomic E-state index is 0.0611. The summed E-state index contributed by atoms with van der Waals surface area (Å²) in [5.41, 5.74) is 8.09. The van der Waals surface area contributed by atoms with Crippen LogP contribution >= 0.6 is 11.6 Å². The number of nitrogens with one attached hydrogen (secondary N) is 1. The Bertz CT molecular complexity index is 962. The van der Waals surface area contributed by atoms with Crippen LogP contribution in [-0.2, 0) is 0 Å². The molecule has 28 heavy (non-hydrogen) atoms. The molecule has 2 N–H and O–H groups in total. The van der Waals surface area contributed by atoms with E-state index < -0.39 is 5.97 Å². The van der Waals surface area contributed by atoms with Gasteiger partial charge in [0, 0.05) is 23.4 Å². The van der Waals surface area contributed by atoms with Gasteiger partial charge in [0.15, 0.2) is 0 Å². The number of carbonyl (C=O) groups is 1. The largest absolute Gasteiger partial charge is 0.478 e. The van der Waals surface area contributed by atoms with Gasteiger partial charge in [-0.15, -0.1) is 0 Å². The molecule has 1 aliphatic heterocycles. The fourth-order valence-electron chi connectivity index (χ4n) is 3.66. The molecule has 6 heteroatoms. The third-order valence-corrected chi connectivity index (χ3v) is 5.27. The Morgan fingerprint density at radius 2 is 1.96 bits per heavy atom. The Kier molecular flexibility index (Phi) is 5.47. The molecule has 0 amide bonds. The van der Waals surface area contributed by atoms with Crippen molar-refractivity contribution in [3.05, 3.63) is 64.2 Å². The van der Waals surface area contributed by atoms with Crippen LogP contribution in [0.1, 0.15) is 49.2 Å². The van der Waals surface area contributed by atoms with Crippen molar-refractivity contribution in [3.8, 4) is 0 Å². The summed E-state index contributed by atoms with van der Waals surface area (Å²) in [6.07, 6.45) is 3.95. The van der Waals surface area contributed by atoms with Crippen molar-refractivity contribution in [3.63, 3.8) is 0 Å². The van der Waals surface area contributed by atoms with E-state index in [1.807, 2.05) is 6.07 Å². The highest BCUT2D eigenvalue weighted by Gasteiger charge is 2.30. The monoisotopic (exact) mass is 397 g/mol. The summed E-state index contributed by atoms with van der Waals surface area (Å²) in [6, 6.07) is 10.5. The number of carboxylic acid groups (broad SMARTS) is 1. The van der Waals surface area contributed by atoms with E-state index >= 15 is 0 Å². The summed E-state index contributed by atoms with van der Waals surface area (Å²) in [4.78, 5) is 13.2. The van der Waals surface area contributed by atoms with Crippen molar-refractivity contribution in [2.24, 2.45) is 5.10 Å². The van der Waals surface area contributed by atoms with Crippen LogP contribution in [0.5, 0.6) is 0 Å². The predicted octanol–water partition coefficient (Wildman–Crippen LogP) is 5.51. The molecular formula is C22H24ClN3O2. The Balaban J connectivity index is 1.85. The Hall–Kier alpha value is -2.79. The number of aromatic carboxylic acids is 1. The van der Waals surface area contributed by atoms with Gasteiger partial charge in [-0.1, -0.05) is 17.7 Å². The van der Waals surface area contributed by atoms with Gasteiger partial charge in [0.2, 0.25) is 0 Å². The maximum absolute atomic E-state index is 10.9. The third kappa shape index (κ3) is 3.90. The van der Waals surface area contributed by atoms with Crippen LogP contribution in [0.3, 0.4) is 0 Å². The molecule has 0 radical (unpaired) electrons. The quantitative estimate of drug-likeness (QED) is 0.516. The Morgan fingerprint density at radius 1 is 1.29 bits per heavy atom. The standard InChI is InChI=1S/C22H24ClN3O2/c1-5-26-20-11-19(23)16(10-18(20)14(2)12-22(26,3)4)13-24-25-17-8-6-15(7-9-17)21(27)28/h6-13,25H,5H2,1-4H3,(H,27,28)/b24-13+. The number of hydrazone groups is 1. The van der Waals surface area contributed by atoms with E-state index in [-0.39, 0.29) is 11.1 Å². The van der Waals surface area contributed by atoms with E-state index in [0.717, 1.165) is 23.4 Å². The summed E-state index contributed by atoms with van der Waals surface area (Å²) in [5, 5.41) is 13.8. The van der Waals surface area contributed by atoms with Crippen molar-refractivity contribution in [1.82, 2.24) is 0 Å². The zero-order chi connectivity index (χ0) is 20.5. The summed E-state index contributed by atoms with van der Waals surface area (Å²) in [6.45, 7) is 9.55. The van der Waals surface area contributed by atoms with Crippen LogP contribution in [0, 0.1) is 0 Å². The molecule has 0 aromatic heterocycles. The molecule has 0 fully saturated rings. The number of benzene rings is 2. The fourth-order valence-corrected chi connectivity index (χ4v) is 3.86. The minimum Gasteiger partial charge on any atom is -0.478 e. The first-order valence-corrected chi connectivity index (χ1v) is 9.54. The first-order valence-electron chi connectivity index (χ1n) is 9.16. The summed E-state index contributed by atoms with van der Waals surface area (Å²) >= 11 is 6.53. The third-order valence-electron chi connectivity index (χ3n) is 4.94. The van der Waals surface area contributed by atoms with Crippen LogP contribution < -0.4 is 10.3 Å². The molecule has 2 aromatic rings. The highest BCUT2D eigenvalue weighted by atomic mass is 35.5. The van der Waals surface area contributed by atoms with Gasteiger partial charge < -0.3 is 10.0 Å². The molecule has 0 unspecified atom stereocenters. The van der Waals surface area contributed by atoms with Gasteiger partial charge >= 0.3 is 5.97 Å². The van der Waals surface area contributed by atoms with Crippen LogP contribution in [0.15, 0.2) is 47.6 Å². The molecule has 3 rings (SSSR count). The van der Waals surface area contributed by atoms with E-state index in [4.69, 9.17) is 16.7 Å². The lowest BCUT2D eigenvalue weighted by molar-refractivity contribution is 0.0697. The number of likely N-dealkylation sites (N-methyl/N-ethyl adjacent to an activating group) is 1. The molecule has 0 aliphatic carbocycles. The number of carboxylic acids is 1. The summed E-state index contributed by atoms with van der Waals surface area (Å²) in [5.74, 6) is -0.955. The average molecular weight is 398 g/mol. The van der Waals surface area contributed by atoms with Crippen molar-refractivity contribution >= 4 is 40.7 Å². The van der Waals surface area contributed by atoms with Crippen LogP contribution in [0.25, 0.3) is 5.57 Å². The normalized spacial score (nSPS) is 15.3. The topological polar surface area (TPSA) is 64.9 Å². The molecule has 0 atom stereocenters. The Morgan fingerprint density at radius 3 is 2.57 bits per heavy atom. The number of nitrogens with zero attached hydrogens (tertiary/aromatic N) is 2. The number of hydrogen-bond donors (Lipinski definition) is 2. The van der Waals surface area contributed by atoms with E-state index in [1.54, 1.807) is 18.3 Å². The van der Waals surface area contributed by atoms with E-state index in [0.29, 0.717) is 10.7 Å². The average Bonchev–Trinajstić information content (AvgIpc) is 2.62. The second-order valence-corrected chi connectivity index (χ2v) is 7.78. The van der Waals surface area contributed by atoms with E-state index in [9.17, 15) is 4.79 Å². The van der Waals surface area contributed by atoms with Crippen LogP contribution in [-0.4, -0.2) is 29.4 Å². The maximum Gasteiger partial charge on any atom is 0.335 e. The molecule has 0 spiro atoms. The zero-order valence-corrected chi connectivity index (χ0v) is 17.2. The zero-order valence-electron chi connectivity index (χ0n) is 16.5. The molecule has 5 nitrogen and oxygen atoms in total. The number of rotatable bonds is 5. The van der Waals surface area contributed by atoms with Gasteiger partial charge in [0.1, 0.15) is 0 Å². The predicted molar refractivity (Wildman–Crippen MR) is 117 cm³/mol. The molecule has 0 saturated carbocycles. The number of fused-ring (bicyclic) bond motifs is 1. The molecule has 2 aromatic carbocycles. The lowest BCUT2D eigenvalue weighted by atomic mass is 9.88.